The Hall–Kier alpha value is -2.29. The van der Waals surface area contributed by atoms with Crippen molar-refractivity contribution in [1.82, 2.24) is 20.4 Å². The zero-order valence-electron chi connectivity index (χ0n) is 15.3. The number of carbonyl (C=O) groups excluding carboxylic acids is 3. The molecule has 3 heterocycles. The van der Waals surface area contributed by atoms with Gasteiger partial charge in [0, 0.05) is 44.2 Å². The number of amides is 3. The average molecular weight is 372 g/mol. The Bertz CT molecular complexity index is 796. The van der Waals surface area contributed by atoms with Crippen molar-refractivity contribution in [3.8, 4) is 0 Å². The SMILES string of the molecule is CN(Cc1ccc2c(c1)C(=O)N(C1CCC(=O)NC1=O)C2)[C@@H]1CNC[C@H]1O. The summed E-state index contributed by atoms with van der Waals surface area (Å²) >= 11 is 0. The van der Waals surface area contributed by atoms with Gasteiger partial charge >= 0.3 is 0 Å². The van der Waals surface area contributed by atoms with E-state index in [-0.39, 0.29) is 24.3 Å². The quantitative estimate of drug-likeness (QED) is 0.599. The molecule has 2 saturated heterocycles. The van der Waals surface area contributed by atoms with Crippen LogP contribution in [0.4, 0.5) is 0 Å². The predicted molar refractivity (Wildman–Crippen MR) is 96.6 cm³/mol. The van der Waals surface area contributed by atoms with Gasteiger partial charge in [-0.25, -0.2) is 0 Å². The molecule has 0 bridgehead atoms. The molecule has 3 N–H and O–H groups in total. The molecule has 1 aromatic carbocycles. The van der Waals surface area contributed by atoms with Gasteiger partial charge in [-0.2, -0.15) is 0 Å². The predicted octanol–water partition coefficient (Wildman–Crippen LogP) is -0.788. The van der Waals surface area contributed by atoms with Crippen molar-refractivity contribution >= 4 is 17.7 Å². The summed E-state index contributed by atoms with van der Waals surface area (Å²) in [4.78, 5) is 40.0. The molecule has 8 heteroatoms. The fourth-order valence-corrected chi connectivity index (χ4v) is 4.21. The lowest BCUT2D eigenvalue weighted by Crippen LogP contribution is -2.52. The summed E-state index contributed by atoms with van der Waals surface area (Å²) in [6.07, 6.45) is 0.228. The van der Waals surface area contributed by atoms with Gasteiger partial charge in [0.25, 0.3) is 5.91 Å². The lowest BCUT2D eigenvalue weighted by Gasteiger charge is -2.29. The van der Waals surface area contributed by atoms with Crippen molar-refractivity contribution in [3.05, 3.63) is 34.9 Å². The molecule has 0 saturated carbocycles. The summed E-state index contributed by atoms with van der Waals surface area (Å²) in [6, 6.07) is 5.27. The lowest BCUT2D eigenvalue weighted by atomic mass is 10.0. The highest BCUT2D eigenvalue weighted by molar-refractivity contribution is 6.05. The molecule has 0 aromatic heterocycles. The Morgan fingerprint density at radius 1 is 1.26 bits per heavy atom. The number of rotatable bonds is 4. The van der Waals surface area contributed by atoms with Gasteiger partial charge in [0.1, 0.15) is 6.04 Å². The highest BCUT2D eigenvalue weighted by Crippen LogP contribution is 2.28. The molecular weight excluding hydrogens is 348 g/mol. The van der Waals surface area contributed by atoms with Gasteiger partial charge < -0.3 is 15.3 Å². The molecule has 3 amide bonds. The second-order valence-corrected chi connectivity index (χ2v) is 7.60. The van der Waals surface area contributed by atoms with E-state index in [1.54, 1.807) is 4.90 Å². The number of benzene rings is 1. The van der Waals surface area contributed by atoms with Crippen molar-refractivity contribution in [1.29, 1.82) is 0 Å². The molecule has 144 valence electrons. The van der Waals surface area contributed by atoms with Gasteiger partial charge in [-0.3, -0.25) is 24.6 Å². The van der Waals surface area contributed by atoms with Crippen LogP contribution in [0, 0.1) is 0 Å². The molecule has 4 rings (SSSR count). The van der Waals surface area contributed by atoms with Crippen LogP contribution >= 0.6 is 0 Å². The number of nitrogens with zero attached hydrogens (tertiary/aromatic N) is 2. The number of piperidine rings is 1. The van der Waals surface area contributed by atoms with Crippen molar-refractivity contribution in [2.75, 3.05) is 20.1 Å². The van der Waals surface area contributed by atoms with Crippen LogP contribution in [-0.4, -0.2) is 71.0 Å². The Morgan fingerprint density at radius 3 is 2.78 bits per heavy atom. The summed E-state index contributed by atoms with van der Waals surface area (Å²) in [5.74, 6) is -0.837. The molecule has 0 spiro atoms. The summed E-state index contributed by atoms with van der Waals surface area (Å²) in [7, 11) is 1.96. The summed E-state index contributed by atoms with van der Waals surface area (Å²) in [5.41, 5.74) is 2.52. The number of imide groups is 1. The third-order valence-corrected chi connectivity index (χ3v) is 5.74. The zero-order valence-corrected chi connectivity index (χ0v) is 15.3. The Balaban J connectivity index is 1.48. The molecule has 3 aliphatic rings. The number of hydrogen-bond acceptors (Lipinski definition) is 6. The minimum Gasteiger partial charge on any atom is -0.390 e. The van der Waals surface area contributed by atoms with Crippen molar-refractivity contribution < 1.29 is 19.5 Å². The molecular formula is C19H24N4O4. The highest BCUT2D eigenvalue weighted by atomic mass is 16.3. The van der Waals surface area contributed by atoms with E-state index in [1.165, 1.54) is 0 Å². The number of aliphatic hydroxyl groups excluding tert-OH is 1. The first kappa shape index (κ1) is 18.1. The van der Waals surface area contributed by atoms with Crippen LogP contribution in [0.15, 0.2) is 18.2 Å². The Kier molecular flexibility index (Phi) is 4.71. The van der Waals surface area contributed by atoms with Gasteiger partial charge in [0.05, 0.1) is 6.10 Å². The maximum atomic E-state index is 12.9. The lowest BCUT2D eigenvalue weighted by molar-refractivity contribution is -0.136. The Labute approximate surface area is 157 Å². The van der Waals surface area contributed by atoms with Crippen molar-refractivity contribution in [2.24, 2.45) is 0 Å². The van der Waals surface area contributed by atoms with E-state index in [1.807, 2.05) is 25.2 Å². The topological polar surface area (TPSA) is 102 Å². The van der Waals surface area contributed by atoms with Crippen LogP contribution in [0.1, 0.15) is 34.3 Å². The maximum absolute atomic E-state index is 12.9. The van der Waals surface area contributed by atoms with Crippen LogP contribution in [0.2, 0.25) is 0 Å². The third-order valence-electron chi connectivity index (χ3n) is 5.74. The fourth-order valence-electron chi connectivity index (χ4n) is 4.21. The van der Waals surface area contributed by atoms with Crippen LogP contribution in [-0.2, 0) is 22.7 Å². The van der Waals surface area contributed by atoms with Crippen molar-refractivity contribution in [2.45, 2.75) is 44.1 Å². The van der Waals surface area contributed by atoms with E-state index in [0.29, 0.717) is 31.6 Å². The number of likely N-dealkylation sites (N-methyl/N-ethyl adjacent to an activating group) is 1. The minimum absolute atomic E-state index is 0.0499. The van der Waals surface area contributed by atoms with E-state index in [9.17, 15) is 19.5 Å². The fraction of sp³-hybridized carbons (Fsp3) is 0.526. The smallest absolute Gasteiger partial charge is 0.255 e. The summed E-state index contributed by atoms with van der Waals surface area (Å²) in [5, 5.41) is 15.5. The van der Waals surface area contributed by atoms with Gasteiger partial charge in [-0.1, -0.05) is 12.1 Å². The van der Waals surface area contributed by atoms with Crippen LogP contribution in [0.25, 0.3) is 0 Å². The van der Waals surface area contributed by atoms with E-state index in [4.69, 9.17) is 0 Å². The molecule has 1 aromatic rings. The van der Waals surface area contributed by atoms with Crippen LogP contribution < -0.4 is 10.6 Å². The van der Waals surface area contributed by atoms with Gasteiger partial charge in [0.15, 0.2) is 0 Å². The average Bonchev–Trinajstić information content (AvgIpc) is 3.19. The first-order valence-electron chi connectivity index (χ1n) is 9.29. The summed E-state index contributed by atoms with van der Waals surface area (Å²) in [6.45, 7) is 2.35. The molecule has 0 radical (unpaired) electrons. The Morgan fingerprint density at radius 2 is 2.07 bits per heavy atom. The van der Waals surface area contributed by atoms with Crippen LogP contribution in [0.3, 0.4) is 0 Å². The molecule has 2 fully saturated rings. The van der Waals surface area contributed by atoms with Crippen LogP contribution in [0.5, 0.6) is 0 Å². The zero-order chi connectivity index (χ0) is 19.1. The van der Waals surface area contributed by atoms with E-state index in [2.05, 4.69) is 15.5 Å². The number of carbonyl (C=O) groups is 3. The van der Waals surface area contributed by atoms with E-state index >= 15 is 0 Å². The molecule has 3 atom stereocenters. The molecule has 3 aliphatic heterocycles. The number of nitrogens with one attached hydrogen (secondary N) is 2. The molecule has 27 heavy (non-hydrogen) atoms. The minimum atomic E-state index is -0.589. The number of β-amino-alcohol motifs (C(OH)–C–C–N with tert-alkyl or cyclic N) is 1. The normalized spacial score (nSPS) is 28.0. The van der Waals surface area contributed by atoms with E-state index in [0.717, 1.165) is 17.7 Å². The second kappa shape index (κ2) is 7.03. The highest BCUT2D eigenvalue weighted by Gasteiger charge is 2.39. The second-order valence-electron chi connectivity index (χ2n) is 7.60. The van der Waals surface area contributed by atoms with Crippen molar-refractivity contribution in [3.63, 3.8) is 0 Å². The maximum Gasteiger partial charge on any atom is 0.255 e. The number of aliphatic hydroxyl groups is 1. The standard InChI is InChI=1S/C19H24N4O4/c1-22(15-7-20-8-16(15)24)9-11-2-3-12-10-23(19(27)13(12)6-11)14-4-5-17(25)21-18(14)26/h2-3,6,14-16,20,24H,4-5,7-10H2,1H3,(H,21,25,26)/t14?,15-,16-/m1/s1. The van der Waals surface area contributed by atoms with Gasteiger partial charge in [0.2, 0.25) is 11.8 Å². The van der Waals surface area contributed by atoms with Gasteiger partial charge in [-0.15, -0.1) is 0 Å². The first-order valence-corrected chi connectivity index (χ1v) is 9.29. The first-order chi connectivity index (χ1) is 12.9. The molecule has 0 aliphatic carbocycles. The largest absolute Gasteiger partial charge is 0.390 e. The third kappa shape index (κ3) is 3.36. The molecule has 1 unspecified atom stereocenters. The number of hydrogen-bond donors (Lipinski definition) is 3. The summed E-state index contributed by atoms with van der Waals surface area (Å²) < 4.78 is 0. The van der Waals surface area contributed by atoms with E-state index < -0.39 is 18.1 Å². The number of fused-ring (bicyclic) bond motifs is 1. The monoisotopic (exact) mass is 372 g/mol. The molecule has 8 nitrogen and oxygen atoms in total. The van der Waals surface area contributed by atoms with Gasteiger partial charge in [-0.05, 0) is 30.7 Å².